The molecule has 116 valence electrons. The van der Waals surface area contributed by atoms with Crippen molar-refractivity contribution >= 4 is 5.69 Å². The second kappa shape index (κ2) is 6.27. The first-order chi connectivity index (χ1) is 11.2. The first kappa shape index (κ1) is 14.7. The number of ether oxygens (including phenoxy) is 1. The Balaban J connectivity index is 1.74. The van der Waals surface area contributed by atoms with Gasteiger partial charge in [-0.25, -0.2) is 4.98 Å². The van der Waals surface area contributed by atoms with Crippen molar-refractivity contribution in [1.29, 1.82) is 0 Å². The Bertz CT molecular complexity index is 810. The standard InChI is InChI=1S/C16H14N4O3/c1-23-14-8-4-12(5-9-14)16-17-15(18-19-16)10-11-2-6-13(7-3-11)20(21)22/h2-9H,10H2,1H3,(H,17,18,19). The summed E-state index contributed by atoms with van der Waals surface area (Å²) in [7, 11) is 1.62. The first-order valence-corrected chi connectivity index (χ1v) is 6.95. The van der Waals surface area contributed by atoms with Crippen molar-refractivity contribution < 1.29 is 9.66 Å². The van der Waals surface area contributed by atoms with Crippen molar-refractivity contribution in [1.82, 2.24) is 15.2 Å². The van der Waals surface area contributed by atoms with Crippen molar-refractivity contribution in [2.75, 3.05) is 7.11 Å². The maximum atomic E-state index is 10.6. The predicted octanol–water partition coefficient (Wildman–Crippen LogP) is 2.98. The number of hydrogen-bond acceptors (Lipinski definition) is 5. The average molecular weight is 310 g/mol. The van der Waals surface area contributed by atoms with Crippen LogP contribution < -0.4 is 4.74 Å². The highest BCUT2D eigenvalue weighted by Gasteiger charge is 2.08. The van der Waals surface area contributed by atoms with Crippen LogP contribution in [0.15, 0.2) is 48.5 Å². The summed E-state index contributed by atoms with van der Waals surface area (Å²) >= 11 is 0. The number of benzene rings is 2. The summed E-state index contributed by atoms with van der Waals surface area (Å²) in [6.07, 6.45) is 0.529. The van der Waals surface area contributed by atoms with E-state index < -0.39 is 4.92 Å². The van der Waals surface area contributed by atoms with Gasteiger partial charge >= 0.3 is 0 Å². The van der Waals surface area contributed by atoms with Crippen LogP contribution in [0.2, 0.25) is 0 Å². The Labute approximate surface area is 132 Å². The van der Waals surface area contributed by atoms with E-state index in [0.717, 1.165) is 16.9 Å². The molecule has 0 unspecified atom stereocenters. The second-order valence-electron chi connectivity index (χ2n) is 4.93. The number of H-pyrrole nitrogens is 1. The highest BCUT2D eigenvalue weighted by molar-refractivity contribution is 5.55. The molecule has 7 nitrogen and oxygen atoms in total. The molecule has 0 aliphatic heterocycles. The lowest BCUT2D eigenvalue weighted by Gasteiger charge is -1.99. The molecule has 0 fully saturated rings. The Morgan fingerprint density at radius 2 is 1.83 bits per heavy atom. The van der Waals surface area contributed by atoms with Crippen LogP contribution in [0.5, 0.6) is 5.75 Å². The van der Waals surface area contributed by atoms with Crippen molar-refractivity contribution in [3.05, 3.63) is 70.0 Å². The van der Waals surface area contributed by atoms with E-state index in [9.17, 15) is 10.1 Å². The molecule has 1 N–H and O–H groups in total. The number of nitro groups is 1. The maximum Gasteiger partial charge on any atom is 0.269 e. The number of aromatic amines is 1. The third-order valence-electron chi connectivity index (χ3n) is 3.40. The molecule has 1 heterocycles. The zero-order chi connectivity index (χ0) is 16.2. The van der Waals surface area contributed by atoms with Crippen molar-refractivity contribution in [2.45, 2.75) is 6.42 Å². The minimum Gasteiger partial charge on any atom is -0.497 e. The number of aromatic nitrogens is 3. The van der Waals surface area contributed by atoms with Crippen LogP contribution in [0.25, 0.3) is 11.4 Å². The number of nitrogens with zero attached hydrogens (tertiary/aromatic N) is 3. The number of non-ortho nitro benzene ring substituents is 1. The SMILES string of the molecule is COc1ccc(-c2n[nH]c(Cc3ccc([N+](=O)[O-])cc3)n2)cc1. The van der Waals surface area contributed by atoms with Crippen molar-refractivity contribution in [3.63, 3.8) is 0 Å². The lowest BCUT2D eigenvalue weighted by atomic mass is 10.1. The summed E-state index contributed by atoms with van der Waals surface area (Å²) in [5.41, 5.74) is 1.88. The number of nitro benzene ring substituents is 1. The van der Waals surface area contributed by atoms with E-state index in [4.69, 9.17) is 4.74 Å². The van der Waals surface area contributed by atoms with Crippen LogP contribution in [0.4, 0.5) is 5.69 Å². The molecule has 3 aromatic rings. The normalized spacial score (nSPS) is 10.5. The monoisotopic (exact) mass is 310 g/mol. The number of hydrogen-bond donors (Lipinski definition) is 1. The molecule has 23 heavy (non-hydrogen) atoms. The van der Waals surface area contributed by atoms with E-state index in [-0.39, 0.29) is 5.69 Å². The third kappa shape index (κ3) is 3.34. The molecule has 0 saturated heterocycles. The van der Waals surface area contributed by atoms with Crippen LogP contribution in [-0.4, -0.2) is 27.2 Å². The molecule has 3 rings (SSSR count). The summed E-state index contributed by atoms with van der Waals surface area (Å²) < 4.78 is 5.12. The van der Waals surface area contributed by atoms with Crippen LogP contribution in [0.3, 0.4) is 0 Å². The minimum atomic E-state index is -0.417. The molecular weight excluding hydrogens is 296 g/mol. The van der Waals surface area contributed by atoms with Crippen LogP contribution in [-0.2, 0) is 6.42 Å². The molecule has 0 bridgehead atoms. The molecular formula is C16H14N4O3. The van der Waals surface area contributed by atoms with Gasteiger partial charge in [0.05, 0.1) is 12.0 Å². The first-order valence-electron chi connectivity index (χ1n) is 6.95. The highest BCUT2D eigenvalue weighted by atomic mass is 16.6. The van der Waals surface area contributed by atoms with Crippen molar-refractivity contribution in [2.24, 2.45) is 0 Å². The van der Waals surface area contributed by atoms with Gasteiger partial charge in [0.25, 0.3) is 5.69 Å². The van der Waals surface area contributed by atoms with Gasteiger partial charge in [-0.05, 0) is 29.8 Å². The Morgan fingerprint density at radius 1 is 1.13 bits per heavy atom. The lowest BCUT2D eigenvalue weighted by molar-refractivity contribution is -0.384. The van der Waals surface area contributed by atoms with Crippen LogP contribution >= 0.6 is 0 Å². The summed E-state index contributed by atoms with van der Waals surface area (Å²) in [5.74, 6) is 2.07. The Hall–Kier alpha value is -3.22. The van der Waals surface area contributed by atoms with E-state index in [1.165, 1.54) is 12.1 Å². The summed E-state index contributed by atoms with van der Waals surface area (Å²) in [5, 5.41) is 17.7. The highest BCUT2D eigenvalue weighted by Crippen LogP contribution is 2.20. The third-order valence-corrected chi connectivity index (χ3v) is 3.40. The molecule has 0 aliphatic carbocycles. The van der Waals surface area contributed by atoms with Gasteiger partial charge in [0, 0.05) is 24.1 Å². The predicted molar refractivity (Wildman–Crippen MR) is 84.3 cm³/mol. The van der Waals surface area contributed by atoms with Gasteiger partial charge in [-0.2, -0.15) is 5.10 Å². The Morgan fingerprint density at radius 3 is 2.43 bits per heavy atom. The number of methoxy groups -OCH3 is 1. The molecule has 0 aliphatic rings. The Kier molecular flexibility index (Phi) is 4.01. The summed E-state index contributed by atoms with van der Waals surface area (Å²) in [6.45, 7) is 0. The van der Waals surface area contributed by atoms with E-state index in [1.807, 2.05) is 24.3 Å². The molecule has 0 atom stereocenters. The van der Waals surface area contributed by atoms with Gasteiger partial charge in [-0.15, -0.1) is 0 Å². The zero-order valence-corrected chi connectivity index (χ0v) is 12.4. The van der Waals surface area contributed by atoms with Gasteiger partial charge in [0.15, 0.2) is 5.82 Å². The summed E-state index contributed by atoms with van der Waals surface area (Å²) in [4.78, 5) is 14.7. The topological polar surface area (TPSA) is 93.9 Å². The van der Waals surface area contributed by atoms with Gasteiger partial charge in [0.2, 0.25) is 0 Å². The maximum absolute atomic E-state index is 10.6. The molecule has 1 aromatic heterocycles. The fourth-order valence-corrected chi connectivity index (χ4v) is 2.17. The zero-order valence-electron chi connectivity index (χ0n) is 12.4. The van der Waals surface area contributed by atoms with E-state index >= 15 is 0 Å². The molecule has 0 amide bonds. The quantitative estimate of drug-likeness (QED) is 0.577. The van der Waals surface area contributed by atoms with E-state index in [1.54, 1.807) is 19.2 Å². The van der Waals surface area contributed by atoms with Crippen LogP contribution in [0, 0.1) is 10.1 Å². The van der Waals surface area contributed by atoms with Crippen LogP contribution in [0.1, 0.15) is 11.4 Å². The van der Waals surface area contributed by atoms with Gasteiger partial charge in [0.1, 0.15) is 11.6 Å². The van der Waals surface area contributed by atoms with E-state index in [0.29, 0.717) is 18.1 Å². The molecule has 0 spiro atoms. The molecule has 0 radical (unpaired) electrons. The molecule has 7 heteroatoms. The lowest BCUT2D eigenvalue weighted by Crippen LogP contribution is -1.92. The smallest absolute Gasteiger partial charge is 0.269 e. The van der Waals surface area contributed by atoms with E-state index in [2.05, 4.69) is 15.2 Å². The number of nitrogens with one attached hydrogen (secondary N) is 1. The van der Waals surface area contributed by atoms with Gasteiger partial charge in [-0.1, -0.05) is 12.1 Å². The second-order valence-corrected chi connectivity index (χ2v) is 4.93. The van der Waals surface area contributed by atoms with Crippen molar-refractivity contribution in [3.8, 4) is 17.1 Å². The molecule has 2 aromatic carbocycles. The van der Waals surface area contributed by atoms with Gasteiger partial charge < -0.3 is 4.74 Å². The fraction of sp³-hybridized carbons (Fsp3) is 0.125. The average Bonchev–Trinajstić information content (AvgIpc) is 3.04. The minimum absolute atomic E-state index is 0.0743. The summed E-state index contributed by atoms with van der Waals surface area (Å²) in [6, 6.07) is 13.9. The number of rotatable bonds is 5. The fourth-order valence-electron chi connectivity index (χ4n) is 2.17. The van der Waals surface area contributed by atoms with Gasteiger partial charge in [-0.3, -0.25) is 15.2 Å². The molecule has 0 saturated carbocycles. The largest absolute Gasteiger partial charge is 0.497 e.